The third-order valence-corrected chi connectivity index (χ3v) is 5.70. The number of benzene rings is 2. The highest BCUT2D eigenvalue weighted by atomic mass is 15.1. The first-order chi connectivity index (χ1) is 12.2. The van der Waals surface area contributed by atoms with Gasteiger partial charge in [0.15, 0.2) is 0 Å². The van der Waals surface area contributed by atoms with E-state index in [9.17, 15) is 0 Å². The molecule has 0 radical (unpaired) electrons. The van der Waals surface area contributed by atoms with Gasteiger partial charge in [-0.1, -0.05) is 73.9 Å². The molecule has 0 saturated heterocycles. The number of nitrogens with zero attached hydrogens (tertiary/aromatic N) is 2. The fraction of sp³-hybridized carbons (Fsp3) is 0.364. The smallest absolute Gasteiger partial charge is 0.101 e. The van der Waals surface area contributed by atoms with Crippen LogP contribution in [0.15, 0.2) is 54.6 Å². The van der Waals surface area contributed by atoms with Crippen LogP contribution in [0.25, 0.3) is 22.0 Å². The van der Waals surface area contributed by atoms with Crippen molar-refractivity contribution in [2.75, 3.05) is 0 Å². The Morgan fingerprint density at radius 2 is 1.48 bits per heavy atom. The molecule has 3 heteroatoms. The van der Waals surface area contributed by atoms with E-state index in [0.717, 1.165) is 27.7 Å². The van der Waals surface area contributed by atoms with Crippen LogP contribution in [0, 0.1) is 5.92 Å². The number of hydrogen-bond acceptors (Lipinski definition) is 3. The summed E-state index contributed by atoms with van der Waals surface area (Å²) >= 11 is 0. The first-order valence-electron chi connectivity index (χ1n) is 9.28. The summed E-state index contributed by atoms with van der Waals surface area (Å²) < 4.78 is 0. The van der Waals surface area contributed by atoms with Gasteiger partial charge in [0.25, 0.3) is 0 Å². The molecule has 1 aliphatic carbocycles. The molecule has 0 bridgehead atoms. The second-order valence-corrected chi connectivity index (χ2v) is 7.43. The van der Waals surface area contributed by atoms with Gasteiger partial charge in [0, 0.05) is 16.3 Å². The zero-order chi connectivity index (χ0) is 17.3. The lowest BCUT2D eigenvalue weighted by molar-refractivity contribution is 0.220. The van der Waals surface area contributed by atoms with Gasteiger partial charge < -0.3 is 5.73 Å². The van der Waals surface area contributed by atoms with Crippen LogP contribution in [0.3, 0.4) is 0 Å². The van der Waals surface area contributed by atoms with Gasteiger partial charge in [-0.15, -0.1) is 5.10 Å². The Labute approximate surface area is 149 Å². The van der Waals surface area contributed by atoms with Gasteiger partial charge in [-0.25, -0.2) is 0 Å². The molecule has 0 amide bonds. The minimum absolute atomic E-state index is 0.442. The summed E-state index contributed by atoms with van der Waals surface area (Å²) in [5.74, 6) is 0.474. The minimum atomic E-state index is -0.442. The van der Waals surface area contributed by atoms with E-state index in [1.807, 2.05) is 18.2 Å². The van der Waals surface area contributed by atoms with Gasteiger partial charge in [0.2, 0.25) is 0 Å². The molecule has 1 unspecified atom stereocenters. The third-order valence-electron chi connectivity index (χ3n) is 5.70. The molecule has 4 rings (SSSR count). The highest BCUT2D eigenvalue weighted by Gasteiger charge is 2.36. The summed E-state index contributed by atoms with van der Waals surface area (Å²) in [7, 11) is 0. The molecule has 1 fully saturated rings. The number of nitrogens with two attached hydrogens (primary N) is 1. The normalized spacial score (nSPS) is 18.2. The molecule has 25 heavy (non-hydrogen) atoms. The predicted octanol–water partition coefficient (Wildman–Crippen LogP) is 5.05. The lowest BCUT2D eigenvalue weighted by Crippen LogP contribution is -2.43. The molecule has 1 heterocycles. The Kier molecular flexibility index (Phi) is 4.26. The van der Waals surface area contributed by atoms with Crippen LogP contribution in [0.2, 0.25) is 0 Å². The maximum Gasteiger partial charge on any atom is 0.101 e. The molecule has 3 nitrogen and oxygen atoms in total. The first kappa shape index (κ1) is 16.2. The van der Waals surface area contributed by atoms with Crippen LogP contribution in [0.4, 0.5) is 0 Å². The summed E-state index contributed by atoms with van der Waals surface area (Å²) in [6.07, 6.45) is 6.23. The van der Waals surface area contributed by atoms with E-state index in [1.165, 1.54) is 32.1 Å². The fourth-order valence-electron chi connectivity index (χ4n) is 4.21. The molecule has 2 aromatic carbocycles. The number of aromatic nitrogens is 2. The summed E-state index contributed by atoms with van der Waals surface area (Å²) in [6, 6.07) is 18.7. The van der Waals surface area contributed by atoms with Crippen molar-refractivity contribution in [3.63, 3.8) is 0 Å². The molecule has 1 aromatic heterocycles. The van der Waals surface area contributed by atoms with Crippen molar-refractivity contribution < 1.29 is 0 Å². The van der Waals surface area contributed by atoms with E-state index < -0.39 is 5.54 Å². The SMILES string of the molecule is CC(N)(c1nnc(-c2ccccc2)c2ccccc12)C1CCCCC1. The Bertz CT molecular complexity index is 865. The Hall–Kier alpha value is -2.26. The fourth-order valence-corrected chi connectivity index (χ4v) is 4.21. The zero-order valence-electron chi connectivity index (χ0n) is 14.8. The van der Waals surface area contributed by atoms with Crippen molar-refractivity contribution in [2.24, 2.45) is 11.7 Å². The summed E-state index contributed by atoms with van der Waals surface area (Å²) in [5, 5.41) is 11.5. The molecule has 1 saturated carbocycles. The summed E-state index contributed by atoms with van der Waals surface area (Å²) in [4.78, 5) is 0. The molecule has 1 atom stereocenters. The summed E-state index contributed by atoms with van der Waals surface area (Å²) in [5.41, 5.74) is 9.38. The average molecular weight is 331 g/mol. The van der Waals surface area contributed by atoms with Crippen LogP contribution < -0.4 is 5.73 Å². The van der Waals surface area contributed by atoms with E-state index >= 15 is 0 Å². The topological polar surface area (TPSA) is 51.8 Å². The van der Waals surface area contributed by atoms with E-state index in [4.69, 9.17) is 5.73 Å². The molecular weight excluding hydrogens is 306 g/mol. The van der Waals surface area contributed by atoms with Crippen LogP contribution in [-0.2, 0) is 5.54 Å². The van der Waals surface area contributed by atoms with Crippen molar-refractivity contribution in [3.05, 3.63) is 60.3 Å². The number of hydrogen-bond donors (Lipinski definition) is 1. The van der Waals surface area contributed by atoms with Crippen LogP contribution in [0.5, 0.6) is 0 Å². The van der Waals surface area contributed by atoms with Gasteiger partial charge in [0.1, 0.15) is 5.69 Å². The van der Waals surface area contributed by atoms with Gasteiger partial charge in [-0.05, 0) is 25.7 Å². The maximum atomic E-state index is 6.87. The van der Waals surface area contributed by atoms with E-state index in [0.29, 0.717) is 5.92 Å². The van der Waals surface area contributed by atoms with Crippen molar-refractivity contribution in [3.8, 4) is 11.3 Å². The Balaban J connectivity index is 1.86. The maximum absolute atomic E-state index is 6.87. The predicted molar refractivity (Wildman–Crippen MR) is 103 cm³/mol. The molecule has 0 spiro atoms. The highest BCUT2D eigenvalue weighted by Crippen LogP contribution is 2.39. The third kappa shape index (κ3) is 2.93. The monoisotopic (exact) mass is 331 g/mol. The lowest BCUT2D eigenvalue weighted by atomic mass is 9.73. The van der Waals surface area contributed by atoms with E-state index in [2.05, 4.69) is 53.5 Å². The largest absolute Gasteiger partial charge is 0.320 e. The molecule has 128 valence electrons. The second-order valence-electron chi connectivity index (χ2n) is 7.43. The van der Waals surface area contributed by atoms with Crippen LogP contribution in [-0.4, -0.2) is 10.2 Å². The minimum Gasteiger partial charge on any atom is -0.320 e. The Morgan fingerprint density at radius 1 is 0.840 bits per heavy atom. The van der Waals surface area contributed by atoms with Gasteiger partial charge >= 0.3 is 0 Å². The van der Waals surface area contributed by atoms with Gasteiger partial charge in [-0.2, -0.15) is 5.10 Å². The van der Waals surface area contributed by atoms with E-state index in [1.54, 1.807) is 0 Å². The van der Waals surface area contributed by atoms with Gasteiger partial charge in [-0.3, -0.25) is 0 Å². The molecule has 3 aromatic rings. The van der Waals surface area contributed by atoms with Crippen LogP contribution in [0.1, 0.15) is 44.7 Å². The van der Waals surface area contributed by atoms with Crippen molar-refractivity contribution in [1.82, 2.24) is 10.2 Å². The molecule has 2 N–H and O–H groups in total. The van der Waals surface area contributed by atoms with Crippen molar-refractivity contribution >= 4 is 10.8 Å². The molecule has 1 aliphatic rings. The Morgan fingerprint density at radius 3 is 2.20 bits per heavy atom. The van der Waals surface area contributed by atoms with Crippen molar-refractivity contribution in [1.29, 1.82) is 0 Å². The molecule has 0 aliphatic heterocycles. The average Bonchev–Trinajstić information content (AvgIpc) is 2.68. The number of rotatable bonds is 3. The van der Waals surface area contributed by atoms with Crippen LogP contribution >= 0.6 is 0 Å². The quantitative estimate of drug-likeness (QED) is 0.730. The van der Waals surface area contributed by atoms with E-state index in [-0.39, 0.29) is 0 Å². The lowest BCUT2D eigenvalue weighted by Gasteiger charge is -2.36. The van der Waals surface area contributed by atoms with Gasteiger partial charge in [0.05, 0.1) is 11.2 Å². The second kappa shape index (κ2) is 6.57. The van der Waals surface area contributed by atoms with Crippen molar-refractivity contribution in [2.45, 2.75) is 44.6 Å². The molecular formula is C22H25N3. The standard InChI is InChI=1S/C22H25N3/c1-22(23,17-12-6-3-7-13-17)21-19-15-9-8-14-18(19)20(24-25-21)16-10-4-2-5-11-16/h2,4-5,8-11,14-15,17H,3,6-7,12-13,23H2,1H3. The summed E-state index contributed by atoms with van der Waals surface area (Å²) in [6.45, 7) is 2.14. The first-order valence-corrected chi connectivity index (χ1v) is 9.28. The highest BCUT2D eigenvalue weighted by molar-refractivity contribution is 5.95. The number of fused-ring (bicyclic) bond motifs is 1. The zero-order valence-corrected chi connectivity index (χ0v) is 14.8.